The second kappa shape index (κ2) is 6.61. The highest BCUT2D eigenvalue weighted by atomic mass is 19.1. The molecule has 0 bridgehead atoms. The van der Waals surface area contributed by atoms with Gasteiger partial charge in [0.15, 0.2) is 5.75 Å². The van der Waals surface area contributed by atoms with Crippen molar-refractivity contribution in [3.8, 4) is 28.3 Å². The van der Waals surface area contributed by atoms with Crippen LogP contribution in [0.2, 0.25) is 0 Å². The van der Waals surface area contributed by atoms with Crippen LogP contribution < -0.4 is 10.3 Å². The van der Waals surface area contributed by atoms with E-state index in [0.717, 1.165) is 5.56 Å². The fraction of sp³-hybridized carbons (Fsp3) is 0.0455. The van der Waals surface area contributed by atoms with Gasteiger partial charge in [-0.2, -0.15) is 0 Å². The standard InChI is InChI=1S/C22H16FNO3/c1-27-21-20(14-5-3-2-4-6-14)18-13-17(25)11-12-19(18)24(22(21)26)16-9-7-15(23)8-10-16/h2-13,25H,1H3. The van der Waals surface area contributed by atoms with Crippen molar-refractivity contribution in [2.24, 2.45) is 0 Å². The Morgan fingerprint density at radius 3 is 2.33 bits per heavy atom. The van der Waals surface area contributed by atoms with Gasteiger partial charge in [-0.1, -0.05) is 30.3 Å². The van der Waals surface area contributed by atoms with E-state index in [9.17, 15) is 14.3 Å². The number of aromatic nitrogens is 1. The lowest BCUT2D eigenvalue weighted by molar-refractivity contribution is 0.409. The van der Waals surface area contributed by atoms with E-state index in [-0.39, 0.29) is 22.9 Å². The number of nitrogens with zero attached hydrogens (tertiary/aromatic N) is 1. The smallest absolute Gasteiger partial charge is 0.298 e. The molecule has 27 heavy (non-hydrogen) atoms. The van der Waals surface area contributed by atoms with Gasteiger partial charge in [0.2, 0.25) is 0 Å². The van der Waals surface area contributed by atoms with Crippen LogP contribution in [0.15, 0.2) is 77.6 Å². The summed E-state index contributed by atoms with van der Waals surface area (Å²) in [5.41, 5.74) is 2.14. The molecule has 4 rings (SSSR count). The van der Waals surface area contributed by atoms with E-state index in [1.54, 1.807) is 12.1 Å². The third-order valence-corrected chi connectivity index (χ3v) is 4.47. The van der Waals surface area contributed by atoms with Crippen LogP contribution in [0.5, 0.6) is 11.5 Å². The number of benzene rings is 3. The van der Waals surface area contributed by atoms with Crippen LogP contribution in [0, 0.1) is 5.82 Å². The number of phenolic OH excluding ortho intramolecular Hbond substituents is 1. The molecule has 0 unspecified atom stereocenters. The number of ether oxygens (including phenoxy) is 1. The lowest BCUT2D eigenvalue weighted by atomic mass is 9.99. The maximum absolute atomic E-state index is 13.4. The largest absolute Gasteiger partial charge is 0.508 e. The molecule has 0 aliphatic carbocycles. The van der Waals surface area contributed by atoms with Crippen LogP contribution in [0.25, 0.3) is 27.7 Å². The van der Waals surface area contributed by atoms with Gasteiger partial charge < -0.3 is 9.84 Å². The molecule has 0 radical (unpaired) electrons. The predicted octanol–water partition coefficient (Wildman–Crippen LogP) is 4.51. The Bertz CT molecular complexity index is 1180. The van der Waals surface area contributed by atoms with Gasteiger partial charge >= 0.3 is 0 Å². The minimum absolute atomic E-state index is 0.0750. The van der Waals surface area contributed by atoms with Crippen LogP contribution in [0.3, 0.4) is 0 Å². The molecule has 0 fully saturated rings. The molecule has 0 aliphatic heterocycles. The molecule has 1 N–H and O–H groups in total. The molecule has 4 aromatic rings. The first-order valence-electron chi connectivity index (χ1n) is 8.37. The van der Waals surface area contributed by atoms with E-state index in [1.807, 2.05) is 30.3 Å². The normalized spacial score (nSPS) is 10.9. The van der Waals surface area contributed by atoms with Crippen LogP contribution in [-0.2, 0) is 0 Å². The van der Waals surface area contributed by atoms with Crippen molar-refractivity contribution in [3.05, 3.63) is 89.0 Å². The molecule has 0 spiro atoms. The highest BCUT2D eigenvalue weighted by Gasteiger charge is 2.20. The molecule has 5 heteroatoms. The number of aromatic hydroxyl groups is 1. The number of methoxy groups -OCH3 is 1. The highest BCUT2D eigenvalue weighted by molar-refractivity contribution is 5.99. The Kier molecular flexibility index (Phi) is 4.12. The molecule has 1 heterocycles. The zero-order valence-electron chi connectivity index (χ0n) is 14.5. The summed E-state index contributed by atoms with van der Waals surface area (Å²) in [6, 6.07) is 19.8. The fourth-order valence-electron chi connectivity index (χ4n) is 3.29. The van der Waals surface area contributed by atoms with Gasteiger partial charge in [-0.3, -0.25) is 9.36 Å². The number of halogens is 1. The number of fused-ring (bicyclic) bond motifs is 1. The maximum atomic E-state index is 13.4. The zero-order valence-corrected chi connectivity index (χ0v) is 14.5. The van der Waals surface area contributed by atoms with E-state index in [1.165, 1.54) is 42.0 Å². The summed E-state index contributed by atoms with van der Waals surface area (Å²) in [6.45, 7) is 0. The maximum Gasteiger partial charge on any atom is 0.298 e. The third kappa shape index (κ3) is 2.83. The van der Waals surface area contributed by atoms with Crippen molar-refractivity contribution in [2.45, 2.75) is 0 Å². The van der Waals surface area contributed by atoms with Gasteiger partial charge in [-0.15, -0.1) is 0 Å². The third-order valence-electron chi connectivity index (χ3n) is 4.47. The molecule has 0 aliphatic rings. The van der Waals surface area contributed by atoms with Crippen molar-refractivity contribution < 1.29 is 14.2 Å². The van der Waals surface area contributed by atoms with E-state index in [0.29, 0.717) is 22.2 Å². The molecule has 0 saturated carbocycles. The van der Waals surface area contributed by atoms with Gasteiger partial charge in [0.05, 0.1) is 12.6 Å². The molecular weight excluding hydrogens is 345 g/mol. The lowest BCUT2D eigenvalue weighted by Gasteiger charge is -2.17. The van der Waals surface area contributed by atoms with Crippen LogP contribution in [-0.4, -0.2) is 16.8 Å². The van der Waals surface area contributed by atoms with E-state index < -0.39 is 0 Å². The first-order valence-corrected chi connectivity index (χ1v) is 8.37. The highest BCUT2D eigenvalue weighted by Crippen LogP contribution is 2.36. The summed E-state index contributed by atoms with van der Waals surface area (Å²) in [7, 11) is 1.44. The van der Waals surface area contributed by atoms with Crippen molar-refractivity contribution in [3.63, 3.8) is 0 Å². The zero-order chi connectivity index (χ0) is 19.0. The summed E-state index contributed by atoms with van der Waals surface area (Å²) in [5, 5.41) is 10.7. The first kappa shape index (κ1) is 16.8. The Hall–Kier alpha value is -3.60. The van der Waals surface area contributed by atoms with Crippen LogP contribution >= 0.6 is 0 Å². The lowest BCUT2D eigenvalue weighted by Crippen LogP contribution is -2.21. The molecule has 0 amide bonds. The minimum atomic E-state index is -0.387. The molecule has 3 aromatic carbocycles. The topological polar surface area (TPSA) is 51.5 Å². The monoisotopic (exact) mass is 361 g/mol. The molecule has 4 nitrogen and oxygen atoms in total. The van der Waals surface area contributed by atoms with Gasteiger partial charge in [-0.25, -0.2) is 4.39 Å². The van der Waals surface area contributed by atoms with Crippen LogP contribution in [0.4, 0.5) is 4.39 Å². The van der Waals surface area contributed by atoms with Crippen molar-refractivity contribution >= 4 is 10.9 Å². The summed E-state index contributed by atoms with van der Waals surface area (Å²) < 4.78 is 20.3. The average molecular weight is 361 g/mol. The fourth-order valence-corrected chi connectivity index (χ4v) is 3.29. The molecular formula is C22H16FNO3. The number of hydrogen-bond acceptors (Lipinski definition) is 3. The molecule has 0 saturated heterocycles. The SMILES string of the molecule is COc1c(-c2ccccc2)c2cc(O)ccc2n(-c2ccc(F)cc2)c1=O. The van der Waals surface area contributed by atoms with Gasteiger partial charge in [-0.05, 0) is 48.0 Å². The van der Waals surface area contributed by atoms with Crippen molar-refractivity contribution in [1.82, 2.24) is 4.57 Å². The van der Waals surface area contributed by atoms with Crippen LogP contribution in [0.1, 0.15) is 0 Å². The minimum Gasteiger partial charge on any atom is -0.508 e. The Labute approximate surface area is 154 Å². The quantitative estimate of drug-likeness (QED) is 0.584. The number of rotatable bonds is 3. The summed E-state index contributed by atoms with van der Waals surface area (Å²) in [4.78, 5) is 13.3. The second-order valence-corrected chi connectivity index (χ2v) is 6.09. The van der Waals surface area contributed by atoms with E-state index in [4.69, 9.17) is 4.74 Å². The Morgan fingerprint density at radius 1 is 0.963 bits per heavy atom. The number of hydrogen-bond donors (Lipinski definition) is 1. The Balaban J connectivity index is 2.18. The van der Waals surface area contributed by atoms with Crippen molar-refractivity contribution in [1.29, 1.82) is 0 Å². The summed E-state index contributed by atoms with van der Waals surface area (Å²) in [6.07, 6.45) is 0. The van der Waals surface area contributed by atoms with Gasteiger partial charge in [0, 0.05) is 16.6 Å². The average Bonchev–Trinajstić information content (AvgIpc) is 2.69. The van der Waals surface area contributed by atoms with E-state index in [2.05, 4.69) is 0 Å². The predicted molar refractivity (Wildman–Crippen MR) is 103 cm³/mol. The molecule has 134 valence electrons. The Morgan fingerprint density at radius 2 is 1.67 bits per heavy atom. The van der Waals surface area contributed by atoms with Gasteiger partial charge in [0.25, 0.3) is 5.56 Å². The number of phenols is 1. The summed E-state index contributed by atoms with van der Waals surface area (Å²) in [5.74, 6) is -0.156. The molecule has 1 aromatic heterocycles. The summed E-state index contributed by atoms with van der Waals surface area (Å²) >= 11 is 0. The number of pyridine rings is 1. The van der Waals surface area contributed by atoms with Crippen molar-refractivity contribution in [2.75, 3.05) is 7.11 Å². The first-order chi connectivity index (χ1) is 13.1. The van der Waals surface area contributed by atoms with Gasteiger partial charge in [0.1, 0.15) is 11.6 Å². The van der Waals surface area contributed by atoms with E-state index >= 15 is 0 Å². The second-order valence-electron chi connectivity index (χ2n) is 6.09. The molecule has 0 atom stereocenters.